The summed E-state index contributed by atoms with van der Waals surface area (Å²) in [6.45, 7) is 14.8. The largest absolute Gasteiger partial charge is 0.252 e. The van der Waals surface area contributed by atoms with Gasteiger partial charge in [-0.25, -0.2) is 4.98 Å². The Morgan fingerprint density at radius 3 is 2.21 bits per heavy atom. The van der Waals surface area contributed by atoms with Crippen LogP contribution in [0.15, 0.2) is 36.5 Å². The number of aryl methyl sites for hydroxylation is 4. The average molecular weight is 370 g/mol. The lowest BCUT2D eigenvalue weighted by molar-refractivity contribution is 0.590. The molecule has 0 aliphatic rings. The first-order chi connectivity index (χ1) is 13.1. The Morgan fingerprint density at radius 1 is 0.893 bits per heavy atom. The zero-order chi connectivity index (χ0) is 20.6. The molecule has 0 saturated heterocycles. The molecule has 0 fully saturated rings. The Balaban J connectivity index is 2.09. The van der Waals surface area contributed by atoms with E-state index in [4.69, 9.17) is 9.97 Å². The summed E-state index contributed by atoms with van der Waals surface area (Å²) in [6.07, 6.45) is 1.84. The van der Waals surface area contributed by atoms with Gasteiger partial charge in [0, 0.05) is 11.1 Å². The second-order valence-corrected chi connectivity index (χ2v) is 8.62. The van der Waals surface area contributed by atoms with E-state index in [0.717, 1.165) is 39.3 Å². The fraction of sp³-hybridized carbons (Fsp3) is 0.320. The van der Waals surface area contributed by atoms with E-state index in [-0.39, 0.29) is 5.41 Å². The minimum Gasteiger partial charge on any atom is -0.252 e. The van der Waals surface area contributed by atoms with Crippen molar-refractivity contribution >= 4 is 0 Å². The van der Waals surface area contributed by atoms with Gasteiger partial charge in [0.25, 0.3) is 0 Å². The molecule has 28 heavy (non-hydrogen) atoms. The fourth-order valence-electron chi connectivity index (χ4n) is 3.46. The predicted molar refractivity (Wildman–Crippen MR) is 115 cm³/mol. The van der Waals surface area contributed by atoms with Crippen molar-refractivity contribution in [1.82, 2.24) is 9.97 Å². The van der Waals surface area contributed by atoms with Crippen LogP contribution in [-0.4, -0.2) is 9.97 Å². The monoisotopic (exact) mass is 369 g/mol. The van der Waals surface area contributed by atoms with E-state index in [1.54, 1.807) is 0 Å². The van der Waals surface area contributed by atoms with Gasteiger partial charge in [-0.15, -0.1) is 0 Å². The third-order valence-electron chi connectivity index (χ3n) is 5.13. The van der Waals surface area contributed by atoms with E-state index in [0.29, 0.717) is 5.56 Å². The predicted octanol–water partition coefficient (Wildman–Crippen LogP) is 6.21. The molecule has 3 nitrogen and oxygen atoms in total. The van der Waals surface area contributed by atoms with E-state index in [1.165, 1.54) is 11.1 Å². The van der Waals surface area contributed by atoms with Gasteiger partial charge in [0.05, 0.1) is 34.9 Å². The molecule has 142 valence electrons. The molecule has 1 heterocycles. The summed E-state index contributed by atoms with van der Waals surface area (Å²) in [5.74, 6) is 0. The number of aromatic nitrogens is 2. The number of hydrogen-bond acceptors (Lipinski definition) is 3. The van der Waals surface area contributed by atoms with Gasteiger partial charge in [-0.2, -0.15) is 5.26 Å². The highest BCUT2D eigenvalue weighted by Crippen LogP contribution is 2.31. The highest BCUT2D eigenvalue weighted by Gasteiger charge is 2.17. The van der Waals surface area contributed by atoms with Crippen LogP contribution >= 0.6 is 0 Å². The maximum Gasteiger partial charge on any atom is 0.0994 e. The standard InChI is InChI=1S/C25H27N3/c1-15-8-19(12-21(9-15)25(5,6)7)24-18(4)28-23(14-27-24)22-11-16(2)20(13-26)10-17(22)3/h8-12,14H,1-7H3. The molecule has 0 amide bonds. The van der Waals surface area contributed by atoms with E-state index in [1.807, 2.05) is 39.1 Å². The minimum atomic E-state index is 0.0825. The van der Waals surface area contributed by atoms with Crippen molar-refractivity contribution in [3.63, 3.8) is 0 Å². The molecular formula is C25H27N3. The number of nitrogens with zero attached hydrogens (tertiary/aromatic N) is 3. The molecule has 0 spiro atoms. The molecule has 0 N–H and O–H groups in total. The molecule has 0 aliphatic heterocycles. The average Bonchev–Trinajstić information content (AvgIpc) is 2.61. The molecule has 3 heteroatoms. The van der Waals surface area contributed by atoms with Gasteiger partial charge in [-0.05, 0) is 74.1 Å². The molecule has 0 bridgehead atoms. The Bertz CT molecular complexity index is 1100. The topological polar surface area (TPSA) is 49.6 Å². The molecule has 2 aromatic carbocycles. The SMILES string of the molecule is Cc1cc(-c2ncc(-c3cc(C)c(C#N)cc3C)nc2C)cc(C(C)(C)C)c1. The van der Waals surface area contributed by atoms with Crippen LogP contribution in [0.1, 0.15) is 54.3 Å². The second-order valence-electron chi connectivity index (χ2n) is 8.62. The van der Waals surface area contributed by atoms with Gasteiger partial charge >= 0.3 is 0 Å². The molecule has 3 aromatic rings. The lowest BCUT2D eigenvalue weighted by Gasteiger charge is -2.21. The van der Waals surface area contributed by atoms with Gasteiger partial charge in [0.2, 0.25) is 0 Å². The number of nitriles is 1. The second kappa shape index (κ2) is 7.20. The summed E-state index contributed by atoms with van der Waals surface area (Å²) >= 11 is 0. The summed E-state index contributed by atoms with van der Waals surface area (Å²) in [5.41, 5.74) is 10.1. The first-order valence-electron chi connectivity index (χ1n) is 9.58. The first kappa shape index (κ1) is 19.8. The highest BCUT2D eigenvalue weighted by molar-refractivity contribution is 5.69. The van der Waals surface area contributed by atoms with Crippen molar-refractivity contribution < 1.29 is 0 Å². The van der Waals surface area contributed by atoms with Crippen molar-refractivity contribution in [3.8, 4) is 28.6 Å². The molecule has 0 atom stereocenters. The number of hydrogen-bond donors (Lipinski definition) is 0. The third-order valence-corrected chi connectivity index (χ3v) is 5.13. The van der Waals surface area contributed by atoms with Gasteiger partial charge in [0.15, 0.2) is 0 Å². The molecule has 0 saturated carbocycles. The van der Waals surface area contributed by atoms with Crippen molar-refractivity contribution in [2.75, 3.05) is 0 Å². The van der Waals surface area contributed by atoms with E-state index < -0.39 is 0 Å². The van der Waals surface area contributed by atoms with Crippen molar-refractivity contribution in [3.05, 3.63) is 70.0 Å². The zero-order valence-electron chi connectivity index (χ0n) is 17.8. The Hall–Kier alpha value is -2.99. The van der Waals surface area contributed by atoms with Crippen molar-refractivity contribution in [2.24, 2.45) is 0 Å². The van der Waals surface area contributed by atoms with Crippen LogP contribution in [0.4, 0.5) is 0 Å². The molecule has 0 radical (unpaired) electrons. The lowest BCUT2D eigenvalue weighted by atomic mass is 9.84. The summed E-state index contributed by atoms with van der Waals surface area (Å²) < 4.78 is 0. The Morgan fingerprint density at radius 2 is 1.61 bits per heavy atom. The Kier molecular flexibility index (Phi) is 5.08. The van der Waals surface area contributed by atoms with Crippen LogP contribution in [0.2, 0.25) is 0 Å². The van der Waals surface area contributed by atoms with Crippen LogP contribution < -0.4 is 0 Å². The number of rotatable bonds is 2. The lowest BCUT2D eigenvalue weighted by Crippen LogP contribution is -2.11. The molecule has 0 unspecified atom stereocenters. The quantitative estimate of drug-likeness (QED) is 0.539. The van der Waals surface area contributed by atoms with Gasteiger partial charge < -0.3 is 0 Å². The fourth-order valence-corrected chi connectivity index (χ4v) is 3.46. The Labute approximate surface area is 168 Å². The van der Waals surface area contributed by atoms with Gasteiger partial charge in [-0.3, -0.25) is 4.98 Å². The summed E-state index contributed by atoms with van der Waals surface area (Å²) in [7, 11) is 0. The summed E-state index contributed by atoms with van der Waals surface area (Å²) in [6, 6.07) is 12.8. The van der Waals surface area contributed by atoms with E-state index in [2.05, 4.69) is 52.0 Å². The first-order valence-corrected chi connectivity index (χ1v) is 9.58. The molecule has 3 rings (SSSR count). The highest BCUT2D eigenvalue weighted by atomic mass is 14.8. The zero-order valence-corrected chi connectivity index (χ0v) is 17.8. The van der Waals surface area contributed by atoms with Crippen molar-refractivity contribution in [1.29, 1.82) is 5.26 Å². The third kappa shape index (κ3) is 3.82. The molecule has 1 aromatic heterocycles. The van der Waals surface area contributed by atoms with Crippen molar-refractivity contribution in [2.45, 2.75) is 53.9 Å². The summed E-state index contributed by atoms with van der Waals surface area (Å²) in [5, 5.41) is 9.23. The summed E-state index contributed by atoms with van der Waals surface area (Å²) in [4.78, 5) is 9.63. The molecular weight excluding hydrogens is 342 g/mol. The maximum atomic E-state index is 9.23. The van der Waals surface area contributed by atoms with Gasteiger partial charge in [0.1, 0.15) is 0 Å². The van der Waals surface area contributed by atoms with Crippen LogP contribution in [0, 0.1) is 39.0 Å². The normalized spacial score (nSPS) is 11.4. The van der Waals surface area contributed by atoms with Crippen LogP contribution in [0.3, 0.4) is 0 Å². The van der Waals surface area contributed by atoms with Gasteiger partial charge in [-0.1, -0.05) is 32.4 Å². The van der Waals surface area contributed by atoms with Crippen LogP contribution in [0.25, 0.3) is 22.5 Å². The van der Waals surface area contributed by atoms with E-state index in [9.17, 15) is 5.26 Å². The smallest absolute Gasteiger partial charge is 0.0994 e. The minimum absolute atomic E-state index is 0.0825. The maximum absolute atomic E-state index is 9.23. The van der Waals surface area contributed by atoms with Crippen LogP contribution in [-0.2, 0) is 5.41 Å². The van der Waals surface area contributed by atoms with Crippen LogP contribution in [0.5, 0.6) is 0 Å². The molecule has 0 aliphatic carbocycles. The number of benzene rings is 2. The van der Waals surface area contributed by atoms with E-state index >= 15 is 0 Å².